The van der Waals surface area contributed by atoms with Gasteiger partial charge in [0.05, 0.1) is 0 Å². The normalized spacial score (nSPS) is 21.8. The van der Waals surface area contributed by atoms with E-state index in [2.05, 4.69) is 40.5 Å². The van der Waals surface area contributed by atoms with Crippen molar-refractivity contribution in [3.8, 4) is 0 Å². The second-order valence-corrected chi connectivity index (χ2v) is 9.98. The van der Waals surface area contributed by atoms with Gasteiger partial charge in [-0.2, -0.15) is 0 Å². The first-order valence-electron chi connectivity index (χ1n) is 13.0. The molecule has 2 aliphatic rings. The molecule has 0 unspecified atom stereocenters. The summed E-state index contributed by atoms with van der Waals surface area (Å²) in [6.45, 7) is 3.05. The number of benzene rings is 1. The predicted octanol–water partition coefficient (Wildman–Crippen LogP) is 5.31. The third-order valence-electron chi connectivity index (χ3n) is 7.61. The zero-order chi connectivity index (χ0) is 22.6. The van der Waals surface area contributed by atoms with Crippen molar-refractivity contribution in [3.63, 3.8) is 0 Å². The Morgan fingerprint density at radius 1 is 1.12 bits per heavy atom. The Morgan fingerprint density at radius 3 is 2.62 bits per heavy atom. The number of unbranched alkanes of at least 4 members (excludes halogenated alkanes) is 1. The molecule has 2 amide bonds. The van der Waals surface area contributed by atoms with Crippen molar-refractivity contribution in [1.29, 1.82) is 0 Å². The molecule has 1 saturated carbocycles. The maximum atomic E-state index is 13.2. The lowest BCUT2D eigenvalue weighted by atomic mass is 9.78. The van der Waals surface area contributed by atoms with E-state index < -0.39 is 0 Å². The molecule has 0 bridgehead atoms. The first-order chi connectivity index (χ1) is 15.7. The lowest BCUT2D eigenvalue weighted by molar-refractivity contribution is 0.147. The summed E-state index contributed by atoms with van der Waals surface area (Å²) < 4.78 is 5.25. The number of amides is 2. The second-order valence-electron chi connectivity index (χ2n) is 9.98. The molecule has 1 aliphatic heterocycles. The van der Waals surface area contributed by atoms with E-state index in [-0.39, 0.29) is 12.1 Å². The van der Waals surface area contributed by atoms with Gasteiger partial charge in [0, 0.05) is 39.4 Å². The van der Waals surface area contributed by atoms with Gasteiger partial charge in [0.15, 0.2) is 0 Å². The van der Waals surface area contributed by atoms with E-state index in [9.17, 15) is 4.79 Å². The SMILES string of the molecule is COCCCC[C@@H](c1ccccc1)[C@@H]1CCCN(C(=O)N[C@H](CN)CC2CCCCC2)C1. The average molecular weight is 444 g/mol. The average Bonchev–Trinajstić information content (AvgIpc) is 2.85. The van der Waals surface area contributed by atoms with Gasteiger partial charge in [0.2, 0.25) is 0 Å². The summed E-state index contributed by atoms with van der Waals surface area (Å²) in [5.74, 6) is 1.73. The fourth-order valence-corrected chi connectivity index (χ4v) is 5.81. The van der Waals surface area contributed by atoms with Crippen molar-refractivity contribution in [3.05, 3.63) is 35.9 Å². The van der Waals surface area contributed by atoms with E-state index >= 15 is 0 Å². The molecule has 1 saturated heterocycles. The number of nitrogens with two attached hydrogens (primary N) is 1. The van der Waals surface area contributed by atoms with Crippen LogP contribution < -0.4 is 11.1 Å². The standard InChI is InChI=1S/C27H45N3O2/c1-32-18-9-8-16-26(23-13-6-3-7-14-23)24-15-10-17-30(21-24)27(31)29-25(20-28)19-22-11-4-2-5-12-22/h3,6-7,13-14,22,24-26H,2,4-5,8-12,15-21,28H2,1H3,(H,29,31)/t24-,25+,26+/m1/s1. The third-order valence-corrected chi connectivity index (χ3v) is 7.61. The summed E-state index contributed by atoms with van der Waals surface area (Å²) in [7, 11) is 1.77. The van der Waals surface area contributed by atoms with Gasteiger partial charge in [-0.3, -0.25) is 0 Å². The van der Waals surface area contributed by atoms with E-state index in [0.717, 1.165) is 57.7 Å². The number of rotatable bonds is 11. The number of likely N-dealkylation sites (tertiary alicyclic amines) is 1. The molecule has 1 aromatic rings. The number of urea groups is 1. The van der Waals surface area contributed by atoms with Crippen LogP contribution in [0, 0.1) is 11.8 Å². The Labute approximate surface area is 195 Å². The van der Waals surface area contributed by atoms with E-state index in [1.54, 1.807) is 7.11 Å². The van der Waals surface area contributed by atoms with Crippen molar-refractivity contribution >= 4 is 6.03 Å². The molecule has 1 aliphatic carbocycles. The van der Waals surface area contributed by atoms with Crippen LogP contribution in [0.5, 0.6) is 0 Å². The summed E-state index contributed by atoms with van der Waals surface area (Å²) in [5, 5.41) is 3.29. The molecule has 0 spiro atoms. The van der Waals surface area contributed by atoms with Crippen molar-refractivity contribution in [2.45, 2.75) is 82.6 Å². The van der Waals surface area contributed by atoms with E-state index in [0.29, 0.717) is 18.4 Å². The number of methoxy groups -OCH3 is 1. The summed E-state index contributed by atoms with van der Waals surface area (Å²) in [6, 6.07) is 11.1. The number of hydrogen-bond acceptors (Lipinski definition) is 3. The Bertz CT molecular complexity index is 648. The van der Waals surface area contributed by atoms with Crippen LogP contribution in [-0.2, 0) is 4.74 Å². The lowest BCUT2D eigenvalue weighted by Gasteiger charge is -2.38. The van der Waals surface area contributed by atoms with Crippen molar-refractivity contribution in [2.75, 3.05) is 33.4 Å². The van der Waals surface area contributed by atoms with Crippen molar-refractivity contribution < 1.29 is 9.53 Å². The van der Waals surface area contributed by atoms with Crippen LogP contribution in [0.15, 0.2) is 30.3 Å². The van der Waals surface area contributed by atoms with E-state index in [1.807, 2.05) is 0 Å². The van der Waals surface area contributed by atoms with Gasteiger partial charge in [-0.15, -0.1) is 0 Å². The van der Waals surface area contributed by atoms with Gasteiger partial charge in [-0.1, -0.05) is 68.9 Å². The first kappa shape index (κ1) is 25.0. The van der Waals surface area contributed by atoms with Crippen LogP contribution in [0.4, 0.5) is 4.79 Å². The quantitative estimate of drug-likeness (QED) is 0.456. The maximum Gasteiger partial charge on any atom is 0.317 e. The molecule has 5 nitrogen and oxygen atoms in total. The highest BCUT2D eigenvalue weighted by Crippen LogP contribution is 2.35. The minimum atomic E-state index is 0.0900. The summed E-state index contributed by atoms with van der Waals surface area (Å²) in [4.78, 5) is 15.2. The lowest BCUT2D eigenvalue weighted by Crippen LogP contribution is -2.51. The fourth-order valence-electron chi connectivity index (χ4n) is 5.81. The topological polar surface area (TPSA) is 67.6 Å². The molecule has 2 fully saturated rings. The number of ether oxygens (including phenoxy) is 1. The molecule has 1 heterocycles. The number of carbonyl (C=O) groups excluding carboxylic acids is 1. The maximum absolute atomic E-state index is 13.2. The Hall–Kier alpha value is -1.59. The Morgan fingerprint density at radius 2 is 1.91 bits per heavy atom. The largest absolute Gasteiger partial charge is 0.385 e. The zero-order valence-corrected chi connectivity index (χ0v) is 20.1. The molecule has 3 rings (SSSR count). The molecule has 32 heavy (non-hydrogen) atoms. The molecule has 0 aromatic heterocycles. The zero-order valence-electron chi connectivity index (χ0n) is 20.1. The molecular weight excluding hydrogens is 398 g/mol. The molecule has 1 aromatic carbocycles. The molecule has 3 N–H and O–H groups in total. The fraction of sp³-hybridized carbons (Fsp3) is 0.741. The van der Waals surface area contributed by atoms with Crippen LogP contribution in [0.3, 0.4) is 0 Å². The molecule has 0 radical (unpaired) electrons. The van der Waals surface area contributed by atoms with Crippen LogP contribution in [0.1, 0.15) is 82.1 Å². The summed E-state index contributed by atoms with van der Waals surface area (Å²) in [6.07, 6.45) is 13.3. The molecule has 180 valence electrons. The number of carbonyl (C=O) groups is 1. The monoisotopic (exact) mass is 443 g/mol. The van der Waals surface area contributed by atoms with Gasteiger partial charge < -0.3 is 20.7 Å². The van der Waals surface area contributed by atoms with E-state index in [1.165, 1.54) is 44.1 Å². The first-order valence-corrected chi connectivity index (χ1v) is 13.0. The minimum absolute atomic E-state index is 0.0900. The predicted molar refractivity (Wildman–Crippen MR) is 132 cm³/mol. The number of piperidine rings is 1. The molecule has 5 heteroatoms. The smallest absolute Gasteiger partial charge is 0.317 e. The van der Waals surface area contributed by atoms with Crippen LogP contribution in [0.25, 0.3) is 0 Å². The van der Waals surface area contributed by atoms with Crippen LogP contribution in [0.2, 0.25) is 0 Å². The van der Waals surface area contributed by atoms with Gasteiger partial charge in [0.25, 0.3) is 0 Å². The van der Waals surface area contributed by atoms with E-state index in [4.69, 9.17) is 10.5 Å². The van der Waals surface area contributed by atoms with Gasteiger partial charge in [-0.05, 0) is 55.4 Å². The van der Waals surface area contributed by atoms with Crippen molar-refractivity contribution in [2.24, 2.45) is 17.6 Å². The third kappa shape index (κ3) is 7.77. The Kier molecular flexibility index (Phi) is 10.8. The van der Waals surface area contributed by atoms with Gasteiger partial charge in [0.1, 0.15) is 0 Å². The van der Waals surface area contributed by atoms with Crippen molar-refractivity contribution in [1.82, 2.24) is 10.2 Å². The van der Waals surface area contributed by atoms with Gasteiger partial charge >= 0.3 is 6.03 Å². The highest BCUT2D eigenvalue weighted by molar-refractivity contribution is 5.74. The number of nitrogens with zero attached hydrogens (tertiary/aromatic N) is 1. The highest BCUT2D eigenvalue weighted by atomic mass is 16.5. The second kappa shape index (κ2) is 13.8. The number of nitrogens with one attached hydrogen (secondary N) is 1. The minimum Gasteiger partial charge on any atom is -0.385 e. The van der Waals surface area contributed by atoms with Crippen LogP contribution >= 0.6 is 0 Å². The Balaban J connectivity index is 1.57. The molecular formula is C27H45N3O2. The molecule has 3 atom stereocenters. The van der Waals surface area contributed by atoms with Crippen LogP contribution in [-0.4, -0.2) is 50.3 Å². The summed E-state index contributed by atoms with van der Waals surface area (Å²) >= 11 is 0. The highest BCUT2D eigenvalue weighted by Gasteiger charge is 2.31. The van der Waals surface area contributed by atoms with Gasteiger partial charge in [-0.25, -0.2) is 4.79 Å². The number of hydrogen-bond donors (Lipinski definition) is 2. The summed E-state index contributed by atoms with van der Waals surface area (Å²) in [5.41, 5.74) is 7.47.